The summed E-state index contributed by atoms with van der Waals surface area (Å²) >= 11 is 0. The van der Waals surface area contributed by atoms with Gasteiger partial charge in [0.15, 0.2) is 5.76 Å². The maximum absolute atomic E-state index is 12.8. The molecule has 1 aromatic heterocycles. The number of aromatic nitrogens is 1. The first-order valence-electron chi connectivity index (χ1n) is 14.9. The molecule has 2 aliphatic heterocycles. The topological polar surface area (TPSA) is 127 Å². The van der Waals surface area contributed by atoms with Gasteiger partial charge >= 0.3 is 0 Å². The van der Waals surface area contributed by atoms with Crippen molar-refractivity contribution in [3.63, 3.8) is 0 Å². The number of rotatable bonds is 8. The van der Waals surface area contributed by atoms with E-state index in [1.165, 1.54) is 0 Å². The quantitative estimate of drug-likeness (QED) is 0.290. The molecule has 3 aromatic rings. The molecular formula is C33H43N5O5. The normalized spacial score (nSPS) is 22.5. The number of amides is 2. The minimum atomic E-state index is -0.291. The van der Waals surface area contributed by atoms with Crippen LogP contribution in [0.3, 0.4) is 0 Å². The highest BCUT2D eigenvalue weighted by Gasteiger charge is 2.33. The largest absolute Gasteiger partial charge is 0.436 e. The number of benzene rings is 2. The van der Waals surface area contributed by atoms with E-state index in [1.54, 1.807) is 6.20 Å². The molecule has 0 bridgehead atoms. The maximum Gasteiger partial charge on any atom is 0.241 e. The van der Waals surface area contributed by atoms with Crippen molar-refractivity contribution in [1.82, 2.24) is 15.6 Å². The van der Waals surface area contributed by atoms with E-state index in [4.69, 9.17) is 13.9 Å². The van der Waals surface area contributed by atoms with Crippen molar-refractivity contribution in [2.45, 2.75) is 89.9 Å². The summed E-state index contributed by atoms with van der Waals surface area (Å²) in [4.78, 5) is 30.0. The number of anilines is 2. The Hall–Kier alpha value is -3.57. The fraction of sp³-hybridized carbons (Fsp3) is 0.485. The van der Waals surface area contributed by atoms with Gasteiger partial charge in [0.05, 0.1) is 41.7 Å². The lowest BCUT2D eigenvalue weighted by Crippen LogP contribution is -2.35. The molecule has 0 unspecified atom stereocenters. The zero-order valence-corrected chi connectivity index (χ0v) is 25.8. The minimum absolute atomic E-state index is 0.0172. The van der Waals surface area contributed by atoms with Crippen LogP contribution in [0.4, 0.5) is 11.4 Å². The van der Waals surface area contributed by atoms with Gasteiger partial charge in [0.25, 0.3) is 0 Å². The molecule has 43 heavy (non-hydrogen) atoms. The van der Waals surface area contributed by atoms with Crippen LogP contribution in [0.2, 0.25) is 0 Å². The van der Waals surface area contributed by atoms with Gasteiger partial charge in [0.2, 0.25) is 17.7 Å². The van der Waals surface area contributed by atoms with Crippen LogP contribution < -0.4 is 21.3 Å². The summed E-state index contributed by atoms with van der Waals surface area (Å²) in [5, 5.41) is 12.5. The maximum atomic E-state index is 12.8. The highest BCUT2D eigenvalue weighted by atomic mass is 16.5. The van der Waals surface area contributed by atoms with Gasteiger partial charge < -0.3 is 35.2 Å². The van der Waals surface area contributed by atoms with Crippen LogP contribution in [0.15, 0.2) is 59.1 Å². The first-order valence-corrected chi connectivity index (χ1v) is 14.9. The lowest BCUT2D eigenvalue weighted by molar-refractivity contribution is -0.119. The number of oxazole rings is 1. The number of carbonyl (C=O) groups excluding carboxylic acids is 2. The first-order chi connectivity index (χ1) is 20.3. The fourth-order valence-corrected chi connectivity index (χ4v) is 5.40. The Morgan fingerprint density at radius 3 is 1.63 bits per heavy atom. The average molecular weight is 590 g/mol. The molecule has 5 rings (SSSR count). The van der Waals surface area contributed by atoms with E-state index >= 15 is 0 Å². The predicted molar refractivity (Wildman–Crippen MR) is 167 cm³/mol. The number of nitrogens with one attached hydrogen (secondary N) is 4. The van der Waals surface area contributed by atoms with Crippen LogP contribution in [0.1, 0.15) is 54.4 Å². The number of hydrogen-bond donors (Lipinski definition) is 4. The van der Waals surface area contributed by atoms with Gasteiger partial charge in [-0.2, -0.15) is 0 Å². The Morgan fingerprint density at radius 1 is 0.744 bits per heavy atom. The molecule has 2 amide bonds. The average Bonchev–Trinajstić information content (AvgIpc) is 3.69. The molecule has 2 fully saturated rings. The molecule has 230 valence electrons. The Kier molecular flexibility index (Phi) is 9.03. The molecule has 10 nitrogen and oxygen atoms in total. The Labute approximate surface area is 253 Å². The second kappa shape index (κ2) is 12.6. The molecule has 3 heterocycles. The van der Waals surface area contributed by atoms with Gasteiger partial charge in [0, 0.05) is 35.6 Å². The van der Waals surface area contributed by atoms with Gasteiger partial charge in [-0.15, -0.1) is 0 Å². The lowest BCUT2D eigenvalue weighted by atomic mass is 10.1. The second-order valence-electron chi connectivity index (χ2n) is 13.3. The fourth-order valence-electron chi connectivity index (χ4n) is 5.40. The van der Waals surface area contributed by atoms with Crippen LogP contribution in [-0.4, -0.2) is 65.4 Å². The van der Waals surface area contributed by atoms with Gasteiger partial charge in [0.1, 0.15) is 0 Å². The summed E-state index contributed by atoms with van der Waals surface area (Å²) in [6.45, 7) is 13.4. The summed E-state index contributed by atoms with van der Waals surface area (Å²) < 4.78 is 18.0. The molecule has 0 spiro atoms. The molecule has 4 N–H and O–H groups in total. The van der Waals surface area contributed by atoms with Crippen molar-refractivity contribution in [1.29, 1.82) is 0 Å². The summed E-state index contributed by atoms with van der Waals surface area (Å²) in [6.07, 6.45) is 2.99. The Bertz CT molecular complexity index is 1300. The summed E-state index contributed by atoms with van der Waals surface area (Å²) in [6, 6.07) is 14.3. The summed E-state index contributed by atoms with van der Waals surface area (Å²) in [5.41, 5.74) is 2.56. The number of nitrogens with zero attached hydrogens (tertiary/aromatic N) is 1. The van der Waals surface area contributed by atoms with Crippen molar-refractivity contribution in [3.05, 3.63) is 54.7 Å². The smallest absolute Gasteiger partial charge is 0.241 e. The SMILES string of the molecule is CC(C)(C)O[C@H]1CN[C@H](C(=O)Nc2ccc(-c3cnc(-c4ccc(NC(=O)[C@@H]5C[C@@H](OC(C)(C)C)CN5)cc4)o3)cc2)C1. The van der Waals surface area contributed by atoms with E-state index in [-0.39, 0.29) is 47.3 Å². The molecule has 2 aliphatic rings. The molecular weight excluding hydrogens is 546 g/mol. The van der Waals surface area contributed by atoms with Crippen LogP contribution in [0.5, 0.6) is 0 Å². The van der Waals surface area contributed by atoms with E-state index in [0.717, 1.165) is 11.1 Å². The van der Waals surface area contributed by atoms with Gasteiger partial charge in [-0.3, -0.25) is 9.59 Å². The van der Waals surface area contributed by atoms with E-state index in [2.05, 4.69) is 26.3 Å². The molecule has 0 aliphatic carbocycles. The first kappa shape index (κ1) is 30.9. The van der Waals surface area contributed by atoms with Crippen molar-refractivity contribution in [2.75, 3.05) is 23.7 Å². The van der Waals surface area contributed by atoms with Crippen molar-refractivity contribution in [3.8, 4) is 22.8 Å². The number of ether oxygens (including phenoxy) is 2. The molecule has 0 radical (unpaired) electrons. The Morgan fingerprint density at radius 2 is 1.19 bits per heavy atom. The number of hydrogen-bond acceptors (Lipinski definition) is 8. The third-order valence-corrected chi connectivity index (χ3v) is 7.20. The van der Waals surface area contributed by atoms with E-state index < -0.39 is 0 Å². The Balaban J connectivity index is 1.13. The van der Waals surface area contributed by atoms with E-state index in [0.29, 0.717) is 49.0 Å². The predicted octanol–water partition coefficient (Wildman–Crippen LogP) is 4.98. The minimum Gasteiger partial charge on any atom is -0.436 e. The second-order valence-corrected chi connectivity index (χ2v) is 13.3. The van der Waals surface area contributed by atoms with Crippen LogP contribution in [0.25, 0.3) is 22.8 Å². The van der Waals surface area contributed by atoms with E-state index in [1.807, 2.05) is 90.1 Å². The van der Waals surface area contributed by atoms with Gasteiger partial charge in [-0.25, -0.2) is 4.98 Å². The van der Waals surface area contributed by atoms with Crippen molar-refractivity contribution in [2.24, 2.45) is 0 Å². The third-order valence-electron chi connectivity index (χ3n) is 7.20. The zero-order valence-electron chi connectivity index (χ0n) is 25.8. The van der Waals surface area contributed by atoms with Crippen molar-refractivity contribution < 1.29 is 23.5 Å². The van der Waals surface area contributed by atoms with Crippen LogP contribution >= 0.6 is 0 Å². The zero-order chi connectivity index (χ0) is 30.8. The molecule has 0 saturated carbocycles. The molecule has 4 atom stereocenters. The van der Waals surface area contributed by atoms with E-state index in [9.17, 15) is 9.59 Å². The van der Waals surface area contributed by atoms with Crippen molar-refractivity contribution >= 4 is 23.2 Å². The van der Waals surface area contributed by atoms with Gasteiger partial charge in [-0.1, -0.05) is 0 Å². The van der Waals surface area contributed by atoms with Crippen LogP contribution in [-0.2, 0) is 19.1 Å². The third kappa shape index (κ3) is 8.51. The molecule has 2 saturated heterocycles. The van der Waals surface area contributed by atoms with Crippen LogP contribution in [0, 0.1) is 0 Å². The molecule has 10 heteroatoms. The highest BCUT2D eigenvalue weighted by Crippen LogP contribution is 2.28. The molecule has 2 aromatic carbocycles. The summed E-state index contributed by atoms with van der Waals surface area (Å²) in [7, 11) is 0. The standard InChI is InChI=1S/C33H43N5O5/c1-32(2,3)42-24-15-26(34-17-24)29(39)37-22-11-7-20(8-12-22)28-19-36-31(41-28)21-9-13-23(14-10-21)38-30(40)27-16-25(18-35-27)43-33(4,5)6/h7-14,19,24-27,34-35H,15-18H2,1-6H3,(H,37,39)(H,38,40)/t24-,25-,26+,27+/m1/s1. The summed E-state index contributed by atoms with van der Waals surface area (Å²) in [5.74, 6) is 0.935. The highest BCUT2D eigenvalue weighted by molar-refractivity contribution is 5.96. The number of carbonyl (C=O) groups is 2. The van der Waals surface area contributed by atoms with Gasteiger partial charge in [-0.05, 0) is 103 Å². The monoisotopic (exact) mass is 589 g/mol. The lowest BCUT2D eigenvalue weighted by Gasteiger charge is -2.24.